The number of carboxylic acids is 1. The van der Waals surface area contributed by atoms with E-state index in [1.165, 1.54) is 0 Å². The van der Waals surface area contributed by atoms with Gasteiger partial charge in [-0.25, -0.2) is 9.48 Å². The second-order valence-electron chi connectivity index (χ2n) is 4.23. The van der Waals surface area contributed by atoms with Gasteiger partial charge in [0.2, 0.25) is 5.69 Å². The van der Waals surface area contributed by atoms with Gasteiger partial charge >= 0.3 is 12.1 Å². The van der Waals surface area contributed by atoms with Crippen molar-refractivity contribution in [3.8, 4) is 0 Å². The van der Waals surface area contributed by atoms with Gasteiger partial charge in [-0.1, -0.05) is 35.0 Å². The number of aromatic carboxylic acids is 1. The number of hydrogen-bond donors (Lipinski definition) is 1. The molecule has 0 saturated heterocycles. The number of rotatable bonds is 3. The largest absolute Gasteiger partial charge is 0.476 e. The van der Waals surface area contributed by atoms with Gasteiger partial charge in [0.15, 0.2) is 5.69 Å². The second kappa shape index (κ2) is 4.95. The molecule has 1 aromatic carbocycles. The highest BCUT2D eigenvalue weighted by Crippen LogP contribution is 2.31. The van der Waals surface area contributed by atoms with Crippen LogP contribution >= 0.6 is 0 Å². The van der Waals surface area contributed by atoms with Crippen LogP contribution in [0.4, 0.5) is 13.2 Å². The Kier molecular flexibility index (Phi) is 3.47. The molecule has 0 aliphatic carbocycles. The summed E-state index contributed by atoms with van der Waals surface area (Å²) in [6.07, 6.45) is -4.83. The molecule has 8 heteroatoms. The van der Waals surface area contributed by atoms with Crippen LogP contribution in [0.1, 0.15) is 27.3 Å². The van der Waals surface area contributed by atoms with Crippen molar-refractivity contribution in [3.05, 3.63) is 46.8 Å². The molecule has 0 bridgehead atoms. The van der Waals surface area contributed by atoms with Gasteiger partial charge in [0.25, 0.3) is 0 Å². The van der Waals surface area contributed by atoms with Crippen molar-refractivity contribution in [2.75, 3.05) is 0 Å². The predicted octanol–water partition coefficient (Wildman–Crippen LogP) is 2.35. The van der Waals surface area contributed by atoms with Crippen molar-refractivity contribution >= 4 is 5.97 Å². The molecule has 0 aliphatic heterocycles. The molecule has 1 aromatic heterocycles. The van der Waals surface area contributed by atoms with E-state index >= 15 is 0 Å². The number of hydrogen-bond acceptors (Lipinski definition) is 3. The van der Waals surface area contributed by atoms with Crippen molar-refractivity contribution in [2.24, 2.45) is 0 Å². The summed E-state index contributed by atoms with van der Waals surface area (Å²) in [7, 11) is 0. The number of carboxylic acid groups (broad SMARTS) is 1. The average molecular weight is 285 g/mol. The summed E-state index contributed by atoms with van der Waals surface area (Å²) in [6, 6.07) is 6.80. The number of aromatic nitrogens is 3. The third-order valence-corrected chi connectivity index (χ3v) is 2.66. The molecule has 5 nitrogen and oxygen atoms in total. The molecule has 0 spiro atoms. The predicted molar refractivity (Wildman–Crippen MR) is 62.3 cm³/mol. The van der Waals surface area contributed by atoms with Crippen LogP contribution in [0.5, 0.6) is 0 Å². The maximum absolute atomic E-state index is 12.9. The molecule has 0 saturated carbocycles. The molecule has 0 radical (unpaired) electrons. The molecule has 0 unspecified atom stereocenters. The standard InChI is InChI=1S/C12H10F3N3O2/c1-7-2-4-8(5-3-7)6-18-10(12(13,14)15)9(11(19)20)16-17-18/h2-5H,6H2,1H3,(H,19,20). The minimum Gasteiger partial charge on any atom is -0.476 e. The van der Waals surface area contributed by atoms with E-state index in [4.69, 9.17) is 5.11 Å². The highest BCUT2D eigenvalue weighted by atomic mass is 19.4. The van der Waals surface area contributed by atoms with Crippen molar-refractivity contribution < 1.29 is 23.1 Å². The molecule has 1 N–H and O–H groups in total. The Bertz CT molecular complexity index is 632. The quantitative estimate of drug-likeness (QED) is 0.940. The van der Waals surface area contributed by atoms with Crippen LogP contribution in [-0.2, 0) is 12.7 Å². The van der Waals surface area contributed by atoms with Crippen molar-refractivity contribution in [2.45, 2.75) is 19.6 Å². The van der Waals surface area contributed by atoms with Crippen LogP contribution in [0.3, 0.4) is 0 Å². The van der Waals surface area contributed by atoms with Gasteiger partial charge in [0, 0.05) is 0 Å². The van der Waals surface area contributed by atoms with Gasteiger partial charge in [-0.3, -0.25) is 0 Å². The van der Waals surface area contributed by atoms with E-state index < -0.39 is 23.5 Å². The van der Waals surface area contributed by atoms with Gasteiger partial charge < -0.3 is 5.11 Å². The van der Waals surface area contributed by atoms with Gasteiger partial charge in [0.1, 0.15) is 0 Å². The average Bonchev–Trinajstić information content (AvgIpc) is 2.76. The second-order valence-corrected chi connectivity index (χ2v) is 4.23. The molecule has 2 aromatic rings. The maximum atomic E-state index is 12.9. The van der Waals surface area contributed by atoms with E-state index in [-0.39, 0.29) is 6.54 Å². The number of benzene rings is 1. The van der Waals surface area contributed by atoms with Crippen LogP contribution in [0.15, 0.2) is 24.3 Å². The zero-order chi connectivity index (χ0) is 14.9. The topological polar surface area (TPSA) is 68.0 Å². The first kappa shape index (κ1) is 14.0. The van der Waals surface area contributed by atoms with Crippen LogP contribution in [-0.4, -0.2) is 26.1 Å². The van der Waals surface area contributed by atoms with E-state index in [0.717, 1.165) is 5.56 Å². The third kappa shape index (κ3) is 2.79. The van der Waals surface area contributed by atoms with E-state index in [0.29, 0.717) is 10.2 Å². The van der Waals surface area contributed by atoms with Gasteiger partial charge in [-0.05, 0) is 12.5 Å². The fourth-order valence-corrected chi connectivity index (χ4v) is 1.71. The van der Waals surface area contributed by atoms with Gasteiger partial charge in [-0.15, -0.1) is 5.10 Å². The maximum Gasteiger partial charge on any atom is 0.435 e. The summed E-state index contributed by atoms with van der Waals surface area (Å²) in [4.78, 5) is 10.8. The Labute approximate surface area is 111 Å². The molecule has 106 valence electrons. The van der Waals surface area contributed by atoms with Crippen LogP contribution < -0.4 is 0 Å². The first-order valence-electron chi connectivity index (χ1n) is 5.58. The Morgan fingerprint density at radius 1 is 1.30 bits per heavy atom. The molecule has 0 amide bonds. The highest BCUT2D eigenvalue weighted by molar-refractivity contribution is 5.86. The summed E-state index contributed by atoms with van der Waals surface area (Å²) in [5.41, 5.74) is -0.910. The summed E-state index contributed by atoms with van der Waals surface area (Å²) < 4.78 is 39.3. The van der Waals surface area contributed by atoms with E-state index in [1.54, 1.807) is 24.3 Å². The Morgan fingerprint density at radius 2 is 1.90 bits per heavy atom. The summed E-state index contributed by atoms with van der Waals surface area (Å²) >= 11 is 0. The number of nitrogens with zero attached hydrogens (tertiary/aromatic N) is 3. The minimum atomic E-state index is -4.83. The summed E-state index contributed by atoms with van der Waals surface area (Å²) in [5.74, 6) is -1.76. The lowest BCUT2D eigenvalue weighted by molar-refractivity contribution is -0.144. The molecular weight excluding hydrogens is 275 g/mol. The lowest BCUT2D eigenvalue weighted by Gasteiger charge is -2.10. The number of carbonyl (C=O) groups is 1. The summed E-state index contributed by atoms with van der Waals surface area (Å²) in [6.45, 7) is 1.65. The molecule has 1 heterocycles. The fourth-order valence-electron chi connectivity index (χ4n) is 1.71. The van der Waals surface area contributed by atoms with Crippen LogP contribution in [0, 0.1) is 6.92 Å². The number of aryl methyl sites for hydroxylation is 1. The lowest BCUT2D eigenvalue weighted by Crippen LogP contribution is -2.18. The molecule has 0 fully saturated rings. The monoisotopic (exact) mass is 285 g/mol. The van der Waals surface area contributed by atoms with E-state index in [1.807, 2.05) is 6.92 Å². The lowest BCUT2D eigenvalue weighted by atomic mass is 10.1. The number of halogens is 3. The minimum absolute atomic E-state index is 0.199. The van der Waals surface area contributed by atoms with Gasteiger partial charge in [-0.2, -0.15) is 13.2 Å². The zero-order valence-electron chi connectivity index (χ0n) is 10.3. The molecule has 20 heavy (non-hydrogen) atoms. The van der Waals surface area contributed by atoms with Crippen molar-refractivity contribution in [3.63, 3.8) is 0 Å². The van der Waals surface area contributed by atoms with Crippen molar-refractivity contribution in [1.29, 1.82) is 0 Å². The zero-order valence-corrected chi connectivity index (χ0v) is 10.3. The fraction of sp³-hybridized carbons (Fsp3) is 0.250. The number of alkyl halides is 3. The molecule has 0 aliphatic rings. The molecule has 2 rings (SSSR count). The Balaban J connectivity index is 2.42. The van der Waals surface area contributed by atoms with Crippen LogP contribution in [0.2, 0.25) is 0 Å². The first-order chi connectivity index (χ1) is 9.29. The van der Waals surface area contributed by atoms with Gasteiger partial charge in [0.05, 0.1) is 6.54 Å². The normalized spacial score (nSPS) is 11.6. The Morgan fingerprint density at radius 3 is 2.40 bits per heavy atom. The molecule has 0 atom stereocenters. The molecular formula is C12H10F3N3O2. The SMILES string of the molecule is Cc1ccc(Cn2nnc(C(=O)O)c2C(F)(F)F)cc1. The summed E-state index contributed by atoms with van der Waals surface area (Å²) in [5, 5.41) is 15.1. The smallest absolute Gasteiger partial charge is 0.435 e. The van der Waals surface area contributed by atoms with Crippen LogP contribution in [0.25, 0.3) is 0 Å². The van der Waals surface area contributed by atoms with E-state index in [9.17, 15) is 18.0 Å². The Hall–Kier alpha value is -2.38. The third-order valence-electron chi connectivity index (χ3n) is 2.66. The highest BCUT2D eigenvalue weighted by Gasteiger charge is 2.41. The van der Waals surface area contributed by atoms with Crippen molar-refractivity contribution in [1.82, 2.24) is 15.0 Å². The first-order valence-corrected chi connectivity index (χ1v) is 5.58. The van der Waals surface area contributed by atoms with E-state index in [2.05, 4.69) is 10.3 Å².